The minimum atomic E-state index is -0.901. The van der Waals surface area contributed by atoms with Gasteiger partial charge in [0.15, 0.2) is 0 Å². The second-order valence-corrected chi connectivity index (χ2v) is 5.06. The van der Waals surface area contributed by atoms with Crippen molar-refractivity contribution >= 4 is 23.5 Å². The van der Waals surface area contributed by atoms with Crippen LogP contribution in [0.15, 0.2) is 35.5 Å². The van der Waals surface area contributed by atoms with Gasteiger partial charge in [-0.2, -0.15) is 0 Å². The highest BCUT2D eigenvalue weighted by atomic mass is 16.5. The maximum atomic E-state index is 12.5. The van der Waals surface area contributed by atoms with E-state index < -0.39 is 17.8 Å². The summed E-state index contributed by atoms with van der Waals surface area (Å²) in [5.41, 5.74) is 1.01. The summed E-state index contributed by atoms with van der Waals surface area (Å²) in [5, 5.41) is 5.25. The molecule has 7 nitrogen and oxygen atoms in total. The van der Waals surface area contributed by atoms with Gasteiger partial charge in [-0.3, -0.25) is 9.59 Å². The monoisotopic (exact) mass is 318 g/mol. The van der Waals surface area contributed by atoms with Gasteiger partial charge in [0.05, 0.1) is 25.7 Å². The normalized spacial score (nSPS) is 17.3. The van der Waals surface area contributed by atoms with Crippen molar-refractivity contribution in [3.63, 3.8) is 0 Å². The number of carbonyl (C=O) groups is 3. The van der Waals surface area contributed by atoms with Crippen molar-refractivity contribution in [3.8, 4) is 5.75 Å². The summed E-state index contributed by atoms with van der Waals surface area (Å²) in [6.45, 7) is 1.56. The van der Waals surface area contributed by atoms with E-state index in [1.54, 1.807) is 31.2 Å². The van der Waals surface area contributed by atoms with Gasteiger partial charge in [-0.05, 0) is 19.1 Å². The Morgan fingerprint density at radius 2 is 2.04 bits per heavy atom. The van der Waals surface area contributed by atoms with E-state index in [4.69, 9.17) is 9.47 Å². The fourth-order valence-electron chi connectivity index (χ4n) is 2.44. The van der Waals surface area contributed by atoms with Crippen LogP contribution in [0.1, 0.15) is 13.3 Å². The Labute approximate surface area is 133 Å². The van der Waals surface area contributed by atoms with Crippen LogP contribution < -0.4 is 15.4 Å². The number of hydrogen-bond acceptors (Lipinski definition) is 5. The maximum Gasteiger partial charge on any atom is 0.336 e. The molecular formula is C16H18N2O5. The molecule has 0 radical (unpaired) electrons. The lowest BCUT2D eigenvalue weighted by molar-refractivity contribution is -0.139. The molecule has 7 heteroatoms. The van der Waals surface area contributed by atoms with Crippen LogP contribution in [-0.4, -0.2) is 32.0 Å². The molecule has 1 unspecified atom stereocenters. The standard InChI is InChI=1S/C16H18N2O5/c1-9-14(16(21)23-3)12(8-13(19)17-9)15(20)18-10-5-4-6-11(7-10)22-2/h4-7,12H,8H2,1-3H3,(H,17,19)(H,18,20). The number of ether oxygens (including phenoxy) is 2. The number of hydrogen-bond donors (Lipinski definition) is 2. The van der Waals surface area contributed by atoms with Crippen molar-refractivity contribution in [1.82, 2.24) is 5.32 Å². The van der Waals surface area contributed by atoms with Crippen LogP contribution in [0.4, 0.5) is 5.69 Å². The highest BCUT2D eigenvalue weighted by Crippen LogP contribution is 2.26. The number of allylic oxidation sites excluding steroid dienone is 1. The van der Waals surface area contributed by atoms with Crippen LogP contribution in [-0.2, 0) is 19.1 Å². The fourth-order valence-corrected chi connectivity index (χ4v) is 2.44. The van der Waals surface area contributed by atoms with Crippen LogP contribution in [0, 0.1) is 5.92 Å². The summed E-state index contributed by atoms with van der Waals surface area (Å²) >= 11 is 0. The predicted molar refractivity (Wildman–Crippen MR) is 82.6 cm³/mol. The van der Waals surface area contributed by atoms with Crippen molar-refractivity contribution in [2.24, 2.45) is 5.92 Å². The summed E-state index contributed by atoms with van der Waals surface area (Å²) in [6.07, 6.45) is -0.114. The number of methoxy groups -OCH3 is 2. The van der Waals surface area contributed by atoms with Crippen LogP contribution >= 0.6 is 0 Å². The van der Waals surface area contributed by atoms with Crippen LogP contribution in [0.25, 0.3) is 0 Å². The number of rotatable bonds is 4. The summed E-state index contributed by atoms with van der Waals surface area (Å²) in [5.74, 6) is -1.71. The average molecular weight is 318 g/mol. The van der Waals surface area contributed by atoms with E-state index in [1.807, 2.05) is 0 Å². The molecule has 23 heavy (non-hydrogen) atoms. The Balaban J connectivity index is 2.26. The minimum absolute atomic E-state index is 0.114. The molecular weight excluding hydrogens is 300 g/mol. The molecule has 0 aromatic heterocycles. The van der Waals surface area contributed by atoms with Gasteiger partial charge in [0.1, 0.15) is 5.75 Å². The Bertz CT molecular complexity index is 681. The van der Waals surface area contributed by atoms with Gasteiger partial charge >= 0.3 is 5.97 Å². The number of amides is 2. The maximum absolute atomic E-state index is 12.5. The molecule has 2 rings (SSSR count). The first-order valence-corrected chi connectivity index (χ1v) is 7.00. The van der Waals surface area contributed by atoms with Crippen molar-refractivity contribution in [1.29, 1.82) is 0 Å². The lowest BCUT2D eigenvalue weighted by Crippen LogP contribution is -2.40. The smallest absolute Gasteiger partial charge is 0.336 e. The van der Waals surface area contributed by atoms with Crippen molar-refractivity contribution in [2.75, 3.05) is 19.5 Å². The number of anilines is 1. The average Bonchev–Trinajstić information content (AvgIpc) is 2.53. The van der Waals surface area contributed by atoms with Gasteiger partial charge in [0.25, 0.3) is 0 Å². The largest absolute Gasteiger partial charge is 0.497 e. The second kappa shape index (κ2) is 6.95. The molecule has 1 aliphatic heterocycles. The Hall–Kier alpha value is -2.83. The fraction of sp³-hybridized carbons (Fsp3) is 0.312. The topological polar surface area (TPSA) is 93.7 Å². The summed E-state index contributed by atoms with van der Waals surface area (Å²) in [4.78, 5) is 36.1. The van der Waals surface area contributed by atoms with E-state index in [2.05, 4.69) is 10.6 Å². The number of benzene rings is 1. The predicted octanol–water partition coefficient (Wildman–Crippen LogP) is 1.22. The highest BCUT2D eigenvalue weighted by Gasteiger charge is 2.36. The molecule has 0 saturated heterocycles. The number of nitrogens with one attached hydrogen (secondary N) is 2. The zero-order valence-corrected chi connectivity index (χ0v) is 13.1. The van der Waals surface area contributed by atoms with E-state index >= 15 is 0 Å². The van der Waals surface area contributed by atoms with Gasteiger partial charge in [-0.1, -0.05) is 6.07 Å². The van der Waals surface area contributed by atoms with E-state index in [0.717, 1.165) is 0 Å². The Morgan fingerprint density at radius 1 is 1.30 bits per heavy atom. The van der Waals surface area contributed by atoms with Gasteiger partial charge in [-0.25, -0.2) is 4.79 Å². The SMILES string of the molecule is COC(=O)C1=C(C)NC(=O)CC1C(=O)Nc1cccc(OC)c1. The van der Waals surface area contributed by atoms with E-state index in [1.165, 1.54) is 14.2 Å². The lowest BCUT2D eigenvalue weighted by Gasteiger charge is -2.25. The quantitative estimate of drug-likeness (QED) is 0.814. The van der Waals surface area contributed by atoms with E-state index in [-0.39, 0.29) is 17.9 Å². The molecule has 122 valence electrons. The van der Waals surface area contributed by atoms with Gasteiger partial charge in [0.2, 0.25) is 11.8 Å². The minimum Gasteiger partial charge on any atom is -0.497 e. The van der Waals surface area contributed by atoms with E-state index in [0.29, 0.717) is 17.1 Å². The van der Waals surface area contributed by atoms with Gasteiger partial charge in [0, 0.05) is 23.9 Å². The molecule has 1 aromatic carbocycles. The highest BCUT2D eigenvalue weighted by molar-refractivity contribution is 6.06. The molecule has 0 aliphatic carbocycles. The molecule has 1 atom stereocenters. The zero-order chi connectivity index (χ0) is 17.0. The first kappa shape index (κ1) is 16.5. The summed E-state index contributed by atoms with van der Waals surface area (Å²) in [6, 6.07) is 6.81. The Kier molecular flexibility index (Phi) is 5.00. The molecule has 0 spiro atoms. The van der Waals surface area contributed by atoms with Crippen molar-refractivity contribution in [2.45, 2.75) is 13.3 Å². The molecule has 0 bridgehead atoms. The van der Waals surface area contributed by atoms with Crippen LogP contribution in [0.2, 0.25) is 0 Å². The third-order valence-corrected chi connectivity index (χ3v) is 3.53. The van der Waals surface area contributed by atoms with Crippen LogP contribution in [0.3, 0.4) is 0 Å². The molecule has 1 aliphatic rings. The first-order valence-electron chi connectivity index (χ1n) is 7.00. The van der Waals surface area contributed by atoms with Crippen molar-refractivity contribution < 1.29 is 23.9 Å². The summed E-state index contributed by atoms with van der Waals surface area (Å²) in [7, 11) is 2.75. The third kappa shape index (κ3) is 3.68. The number of carbonyl (C=O) groups excluding carboxylic acids is 3. The molecule has 2 amide bonds. The summed E-state index contributed by atoms with van der Waals surface area (Å²) < 4.78 is 9.81. The second-order valence-electron chi connectivity index (χ2n) is 5.06. The molecule has 0 fully saturated rings. The van der Waals surface area contributed by atoms with Crippen molar-refractivity contribution in [3.05, 3.63) is 35.5 Å². The molecule has 1 heterocycles. The first-order chi connectivity index (χ1) is 11.0. The molecule has 2 N–H and O–H groups in total. The lowest BCUT2D eigenvalue weighted by atomic mass is 9.89. The molecule has 0 saturated carbocycles. The van der Waals surface area contributed by atoms with Crippen LogP contribution in [0.5, 0.6) is 5.75 Å². The van der Waals surface area contributed by atoms with E-state index in [9.17, 15) is 14.4 Å². The Morgan fingerprint density at radius 3 is 2.70 bits per heavy atom. The zero-order valence-electron chi connectivity index (χ0n) is 13.1. The van der Waals surface area contributed by atoms with Gasteiger partial charge in [-0.15, -0.1) is 0 Å². The van der Waals surface area contributed by atoms with Gasteiger partial charge < -0.3 is 20.1 Å². The third-order valence-electron chi connectivity index (χ3n) is 3.53. The number of esters is 1. The molecule has 1 aromatic rings.